The maximum absolute atomic E-state index is 5.12. The van der Waals surface area contributed by atoms with Crippen molar-refractivity contribution in [2.24, 2.45) is 11.8 Å². The molecule has 0 aliphatic rings. The van der Waals surface area contributed by atoms with Crippen LogP contribution in [0.25, 0.3) is 0 Å². The Morgan fingerprint density at radius 2 is 1.33 bits per heavy atom. The van der Waals surface area contributed by atoms with Crippen molar-refractivity contribution < 1.29 is 9.78 Å². The average molecular weight is 166 g/mol. The van der Waals surface area contributed by atoms with Crippen LogP contribution in [0.15, 0.2) is 0 Å². The Labute approximate surface area is 74.2 Å². The smallest absolute Gasteiger partial charge is 0.0956 e. The van der Waals surface area contributed by atoms with E-state index in [4.69, 9.17) is 22.6 Å². The van der Waals surface area contributed by atoms with Crippen LogP contribution in [0.5, 0.6) is 0 Å². The lowest BCUT2D eigenvalue weighted by Gasteiger charge is -2.06. The summed E-state index contributed by atoms with van der Waals surface area (Å²) in [7, 11) is 0. The van der Waals surface area contributed by atoms with Gasteiger partial charge in [0.05, 0.1) is 13.2 Å². The van der Waals surface area contributed by atoms with Gasteiger partial charge in [-0.3, -0.25) is 0 Å². The largest absolute Gasteiger partial charge is 0.235 e. The van der Waals surface area contributed by atoms with Gasteiger partial charge >= 0.3 is 0 Å². The van der Waals surface area contributed by atoms with Gasteiger partial charge in [-0.2, -0.15) is 0 Å². The Morgan fingerprint density at radius 3 is 1.58 bits per heavy atom. The maximum atomic E-state index is 5.12. The third-order valence-corrected chi connectivity index (χ3v) is 1.29. The number of hydrogen-bond acceptors (Lipinski definition) is 2. The Kier molecular flexibility index (Phi) is 6.19. The summed E-state index contributed by atoms with van der Waals surface area (Å²) in [5.74, 6) is 5.19. The second-order valence-corrected chi connectivity index (χ2v) is 2.70. The van der Waals surface area contributed by atoms with Gasteiger partial charge in [-0.05, 0) is 13.8 Å². The summed E-state index contributed by atoms with van der Waals surface area (Å²) in [5, 5.41) is 0. The first kappa shape index (κ1) is 11.0. The number of hydrogen-bond donors (Lipinski definition) is 0. The fourth-order valence-electron chi connectivity index (χ4n) is 0.397. The molecule has 12 heavy (non-hydrogen) atoms. The third kappa shape index (κ3) is 5.80. The van der Waals surface area contributed by atoms with E-state index in [1.807, 2.05) is 13.8 Å². The molecule has 0 spiro atoms. The molecule has 0 heterocycles. The van der Waals surface area contributed by atoms with Crippen LogP contribution in [0.4, 0.5) is 0 Å². The second-order valence-electron chi connectivity index (χ2n) is 2.70. The minimum absolute atomic E-state index is 0.0751. The fraction of sp³-hybridized carbons (Fsp3) is 0.600. The van der Waals surface area contributed by atoms with Gasteiger partial charge in [0.2, 0.25) is 0 Å². The van der Waals surface area contributed by atoms with Gasteiger partial charge in [0.1, 0.15) is 0 Å². The van der Waals surface area contributed by atoms with Gasteiger partial charge in [0.25, 0.3) is 0 Å². The zero-order chi connectivity index (χ0) is 9.40. The predicted molar refractivity (Wildman–Crippen MR) is 47.9 cm³/mol. The van der Waals surface area contributed by atoms with Crippen LogP contribution in [0.1, 0.15) is 13.8 Å². The molecule has 2 heteroatoms. The molecule has 0 aromatic carbocycles. The molecule has 0 fully saturated rings. The normalized spacial score (nSPS) is 14.3. The van der Waals surface area contributed by atoms with E-state index in [0.29, 0.717) is 13.2 Å². The van der Waals surface area contributed by atoms with Crippen molar-refractivity contribution in [3.63, 3.8) is 0 Å². The first-order valence-electron chi connectivity index (χ1n) is 3.87. The lowest BCUT2D eigenvalue weighted by atomic mass is 10.2. The first-order valence-corrected chi connectivity index (χ1v) is 3.87. The Morgan fingerprint density at radius 1 is 1.00 bits per heavy atom. The average Bonchev–Trinajstić information content (AvgIpc) is 2.11. The molecule has 0 bridgehead atoms. The van der Waals surface area contributed by atoms with Gasteiger partial charge in [0, 0.05) is 11.8 Å². The molecule has 0 N–H and O–H groups in total. The van der Waals surface area contributed by atoms with Crippen molar-refractivity contribution in [3.05, 3.63) is 0 Å². The molecule has 0 aliphatic carbocycles. The van der Waals surface area contributed by atoms with E-state index in [1.54, 1.807) is 0 Å². The van der Waals surface area contributed by atoms with Crippen LogP contribution < -0.4 is 0 Å². The summed E-state index contributed by atoms with van der Waals surface area (Å²) < 4.78 is 0. The number of terminal acetylenes is 2. The summed E-state index contributed by atoms with van der Waals surface area (Å²) in [6.45, 7) is 4.59. The standard InChI is InChI=1S/C10H14O2/c1-5-9(3)7-11-12-8-10(4)6-2/h1-2,9-10H,7-8H2,3-4H3. The molecule has 0 saturated heterocycles. The maximum Gasteiger partial charge on any atom is 0.0956 e. The van der Waals surface area contributed by atoms with Gasteiger partial charge < -0.3 is 0 Å². The highest BCUT2D eigenvalue weighted by atomic mass is 17.2. The van der Waals surface area contributed by atoms with Crippen LogP contribution in [0.2, 0.25) is 0 Å². The molecule has 2 atom stereocenters. The van der Waals surface area contributed by atoms with Crippen LogP contribution in [-0.4, -0.2) is 13.2 Å². The molecule has 0 rings (SSSR count). The zero-order valence-corrected chi connectivity index (χ0v) is 7.54. The fourth-order valence-corrected chi connectivity index (χ4v) is 0.397. The van der Waals surface area contributed by atoms with E-state index >= 15 is 0 Å². The van der Waals surface area contributed by atoms with Crippen LogP contribution in [-0.2, 0) is 9.78 Å². The van der Waals surface area contributed by atoms with E-state index in [9.17, 15) is 0 Å². The minimum Gasteiger partial charge on any atom is -0.235 e. The summed E-state index contributed by atoms with van der Waals surface area (Å²) in [6.07, 6.45) is 10.2. The van der Waals surface area contributed by atoms with E-state index in [-0.39, 0.29) is 11.8 Å². The highest BCUT2D eigenvalue weighted by molar-refractivity contribution is 4.90. The van der Waals surface area contributed by atoms with Crippen molar-refractivity contribution in [1.29, 1.82) is 0 Å². The molecule has 0 amide bonds. The van der Waals surface area contributed by atoms with E-state index in [1.165, 1.54) is 0 Å². The van der Waals surface area contributed by atoms with Gasteiger partial charge in [0.15, 0.2) is 0 Å². The molecule has 0 saturated carbocycles. The molecule has 66 valence electrons. The Bertz CT molecular complexity index is 163. The van der Waals surface area contributed by atoms with Crippen molar-refractivity contribution >= 4 is 0 Å². The third-order valence-electron chi connectivity index (χ3n) is 1.29. The lowest BCUT2D eigenvalue weighted by Crippen LogP contribution is -2.08. The highest BCUT2D eigenvalue weighted by Crippen LogP contribution is 1.96. The minimum atomic E-state index is 0.0751. The Balaban J connectivity index is 3.24. The summed E-state index contributed by atoms with van der Waals surface area (Å²) in [6, 6.07) is 0. The predicted octanol–water partition coefficient (Wildman–Crippen LogP) is 1.47. The van der Waals surface area contributed by atoms with Crippen molar-refractivity contribution in [2.75, 3.05) is 13.2 Å². The second kappa shape index (κ2) is 6.73. The Hall–Kier alpha value is -0.960. The molecule has 0 aromatic heterocycles. The van der Waals surface area contributed by atoms with Crippen LogP contribution in [0, 0.1) is 36.5 Å². The summed E-state index contributed by atoms with van der Waals surface area (Å²) >= 11 is 0. The van der Waals surface area contributed by atoms with E-state index < -0.39 is 0 Å². The van der Waals surface area contributed by atoms with Crippen molar-refractivity contribution in [1.82, 2.24) is 0 Å². The molecule has 2 nitrogen and oxygen atoms in total. The van der Waals surface area contributed by atoms with Crippen molar-refractivity contribution in [3.8, 4) is 24.7 Å². The first-order chi connectivity index (χ1) is 5.70. The van der Waals surface area contributed by atoms with Gasteiger partial charge in [-0.15, -0.1) is 24.7 Å². The molecule has 0 aliphatic heterocycles. The zero-order valence-electron chi connectivity index (χ0n) is 7.54. The van der Waals surface area contributed by atoms with Crippen LogP contribution in [0.3, 0.4) is 0 Å². The molecule has 0 aromatic rings. The molecular weight excluding hydrogens is 152 g/mol. The van der Waals surface area contributed by atoms with Crippen LogP contribution >= 0.6 is 0 Å². The SMILES string of the molecule is C#CC(C)COOCC(C)C#C. The topological polar surface area (TPSA) is 18.5 Å². The van der Waals surface area contributed by atoms with E-state index in [0.717, 1.165) is 0 Å². The number of rotatable bonds is 5. The molecule has 2 unspecified atom stereocenters. The van der Waals surface area contributed by atoms with Gasteiger partial charge in [-0.1, -0.05) is 0 Å². The molecule has 0 radical (unpaired) electrons. The lowest BCUT2D eigenvalue weighted by molar-refractivity contribution is -0.301. The van der Waals surface area contributed by atoms with E-state index in [2.05, 4.69) is 11.8 Å². The summed E-state index contributed by atoms with van der Waals surface area (Å²) in [5.41, 5.74) is 0. The van der Waals surface area contributed by atoms with Gasteiger partial charge in [-0.25, -0.2) is 9.78 Å². The highest BCUT2D eigenvalue weighted by Gasteiger charge is 1.99. The summed E-state index contributed by atoms with van der Waals surface area (Å²) in [4.78, 5) is 9.64. The molecular formula is C10H14O2. The quantitative estimate of drug-likeness (QED) is 0.266. The van der Waals surface area contributed by atoms with Crippen molar-refractivity contribution in [2.45, 2.75) is 13.8 Å². The monoisotopic (exact) mass is 166 g/mol.